The fourth-order valence-electron chi connectivity index (χ4n) is 1.43. The molecule has 1 aromatic rings. The molecule has 0 spiro atoms. The molecule has 1 aromatic carbocycles. The number of benzene rings is 1. The minimum atomic E-state index is -0.282. The zero-order valence-corrected chi connectivity index (χ0v) is 9.19. The van der Waals surface area contributed by atoms with Gasteiger partial charge >= 0.3 is 5.97 Å². The van der Waals surface area contributed by atoms with Crippen molar-refractivity contribution in [2.24, 2.45) is 5.73 Å². The Bertz CT molecular complexity index is 334. The van der Waals surface area contributed by atoms with Crippen LogP contribution in [0.15, 0.2) is 24.3 Å². The molecule has 0 fully saturated rings. The molecule has 0 aromatic heterocycles. The summed E-state index contributed by atoms with van der Waals surface area (Å²) in [5, 5.41) is 0. The van der Waals surface area contributed by atoms with E-state index in [1.54, 1.807) is 6.07 Å². The van der Waals surface area contributed by atoms with Gasteiger partial charge in [-0.15, -0.1) is 0 Å². The van der Waals surface area contributed by atoms with Gasteiger partial charge in [0.05, 0.1) is 12.7 Å². The molecule has 0 radical (unpaired) electrons. The molecule has 0 aliphatic rings. The maximum absolute atomic E-state index is 11.4. The van der Waals surface area contributed by atoms with Crippen molar-refractivity contribution in [2.75, 3.05) is 7.11 Å². The number of ether oxygens (including phenoxy) is 1. The van der Waals surface area contributed by atoms with Crippen LogP contribution in [0, 0.1) is 0 Å². The molecule has 0 heterocycles. The lowest BCUT2D eigenvalue weighted by Crippen LogP contribution is -2.16. The lowest BCUT2D eigenvalue weighted by atomic mass is 10.0. The Kier molecular flexibility index (Phi) is 4.31. The van der Waals surface area contributed by atoms with E-state index in [2.05, 4.69) is 0 Å². The van der Waals surface area contributed by atoms with Crippen LogP contribution < -0.4 is 5.73 Å². The third-order valence-corrected chi connectivity index (χ3v) is 2.29. The van der Waals surface area contributed by atoms with Crippen LogP contribution in [0.4, 0.5) is 0 Å². The topological polar surface area (TPSA) is 52.3 Å². The monoisotopic (exact) mass is 207 g/mol. The highest BCUT2D eigenvalue weighted by molar-refractivity contribution is 5.90. The molecule has 0 amide bonds. The first-order valence-electron chi connectivity index (χ1n) is 5.07. The molecule has 0 aliphatic carbocycles. The molecule has 0 aliphatic heterocycles. The zero-order valence-electron chi connectivity index (χ0n) is 9.19. The number of methoxy groups -OCH3 is 1. The number of nitrogens with two attached hydrogens (primary N) is 1. The first-order chi connectivity index (χ1) is 7.15. The van der Waals surface area contributed by atoms with Crippen LogP contribution in [0.25, 0.3) is 0 Å². The van der Waals surface area contributed by atoms with E-state index in [0.29, 0.717) is 5.56 Å². The van der Waals surface area contributed by atoms with E-state index in [-0.39, 0.29) is 12.0 Å². The fraction of sp³-hybridized carbons (Fsp3) is 0.417. The Morgan fingerprint density at radius 1 is 1.47 bits per heavy atom. The van der Waals surface area contributed by atoms with Gasteiger partial charge < -0.3 is 10.5 Å². The summed E-state index contributed by atoms with van der Waals surface area (Å²) in [4.78, 5) is 11.4. The maximum atomic E-state index is 11.4. The van der Waals surface area contributed by atoms with E-state index in [9.17, 15) is 4.79 Å². The van der Waals surface area contributed by atoms with Crippen molar-refractivity contribution in [1.29, 1.82) is 0 Å². The van der Waals surface area contributed by atoms with Crippen molar-refractivity contribution >= 4 is 5.97 Å². The van der Waals surface area contributed by atoms with E-state index in [1.807, 2.05) is 25.1 Å². The SMILES string of the molecule is COC(=O)c1ccccc1CC[C@@H](C)N. The Morgan fingerprint density at radius 3 is 2.73 bits per heavy atom. The van der Waals surface area contributed by atoms with Gasteiger partial charge in [-0.3, -0.25) is 0 Å². The van der Waals surface area contributed by atoms with E-state index in [1.165, 1.54) is 7.11 Å². The number of carbonyl (C=O) groups is 1. The van der Waals surface area contributed by atoms with Gasteiger partial charge in [-0.05, 0) is 31.4 Å². The third-order valence-electron chi connectivity index (χ3n) is 2.29. The molecule has 1 rings (SSSR count). The summed E-state index contributed by atoms with van der Waals surface area (Å²) in [6, 6.07) is 7.62. The lowest BCUT2D eigenvalue weighted by Gasteiger charge is -2.09. The highest BCUT2D eigenvalue weighted by atomic mass is 16.5. The summed E-state index contributed by atoms with van der Waals surface area (Å²) in [6.45, 7) is 1.96. The number of hydrogen-bond donors (Lipinski definition) is 1. The Labute approximate surface area is 90.2 Å². The average Bonchev–Trinajstić information content (AvgIpc) is 2.25. The Balaban J connectivity index is 2.81. The minimum Gasteiger partial charge on any atom is -0.465 e. The second-order valence-corrected chi connectivity index (χ2v) is 3.66. The smallest absolute Gasteiger partial charge is 0.338 e. The molecule has 15 heavy (non-hydrogen) atoms. The van der Waals surface area contributed by atoms with E-state index < -0.39 is 0 Å². The summed E-state index contributed by atoms with van der Waals surface area (Å²) in [5.74, 6) is -0.282. The van der Waals surface area contributed by atoms with Crippen molar-refractivity contribution in [1.82, 2.24) is 0 Å². The lowest BCUT2D eigenvalue weighted by molar-refractivity contribution is 0.0599. The fourth-order valence-corrected chi connectivity index (χ4v) is 1.43. The molecule has 3 nitrogen and oxygen atoms in total. The molecule has 0 unspecified atom stereocenters. The molecular weight excluding hydrogens is 190 g/mol. The number of rotatable bonds is 4. The summed E-state index contributed by atoms with van der Waals surface area (Å²) < 4.78 is 4.71. The van der Waals surface area contributed by atoms with Gasteiger partial charge in [-0.25, -0.2) is 4.79 Å². The molecule has 82 valence electrons. The van der Waals surface area contributed by atoms with Crippen molar-refractivity contribution in [3.05, 3.63) is 35.4 Å². The van der Waals surface area contributed by atoms with Crippen LogP contribution in [-0.2, 0) is 11.2 Å². The summed E-state index contributed by atoms with van der Waals surface area (Å²) in [7, 11) is 1.39. The van der Waals surface area contributed by atoms with Crippen LogP contribution in [-0.4, -0.2) is 19.1 Å². The van der Waals surface area contributed by atoms with Gasteiger partial charge in [0.25, 0.3) is 0 Å². The van der Waals surface area contributed by atoms with Crippen molar-refractivity contribution in [3.63, 3.8) is 0 Å². The molecule has 1 atom stereocenters. The standard InChI is InChI=1S/C12H17NO2/c1-9(13)7-8-10-5-3-4-6-11(10)12(14)15-2/h3-6,9H,7-8,13H2,1-2H3/t9-/m1/s1. The van der Waals surface area contributed by atoms with Crippen molar-refractivity contribution < 1.29 is 9.53 Å². The normalized spacial score (nSPS) is 12.2. The number of esters is 1. The van der Waals surface area contributed by atoms with E-state index >= 15 is 0 Å². The second-order valence-electron chi connectivity index (χ2n) is 3.66. The zero-order chi connectivity index (χ0) is 11.3. The number of carbonyl (C=O) groups excluding carboxylic acids is 1. The van der Waals surface area contributed by atoms with Crippen LogP contribution in [0.1, 0.15) is 29.3 Å². The van der Waals surface area contributed by atoms with Crippen LogP contribution in [0.2, 0.25) is 0 Å². The molecule has 2 N–H and O–H groups in total. The third kappa shape index (κ3) is 3.36. The summed E-state index contributed by atoms with van der Waals surface area (Å²) in [6.07, 6.45) is 1.68. The predicted molar refractivity (Wildman–Crippen MR) is 59.8 cm³/mol. The molecular formula is C12H17NO2. The van der Waals surface area contributed by atoms with E-state index in [4.69, 9.17) is 10.5 Å². The number of hydrogen-bond acceptors (Lipinski definition) is 3. The first-order valence-corrected chi connectivity index (χ1v) is 5.07. The van der Waals surface area contributed by atoms with Crippen LogP contribution in [0.3, 0.4) is 0 Å². The first kappa shape index (κ1) is 11.7. The minimum absolute atomic E-state index is 0.149. The molecule has 3 heteroatoms. The van der Waals surface area contributed by atoms with Crippen molar-refractivity contribution in [2.45, 2.75) is 25.8 Å². The van der Waals surface area contributed by atoms with E-state index in [0.717, 1.165) is 18.4 Å². The van der Waals surface area contributed by atoms with Crippen LogP contribution in [0.5, 0.6) is 0 Å². The van der Waals surface area contributed by atoms with Crippen molar-refractivity contribution in [3.8, 4) is 0 Å². The maximum Gasteiger partial charge on any atom is 0.338 e. The summed E-state index contributed by atoms with van der Waals surface area (Å²) >= 11 is 0. The predicted octanol–water partition coefficient (Wildman–Crippen LogP) is 1.75. The summed E-state index contributed by atoms with van der Waals surface area (Å²) in [5.41, 5.74) is 7.32. The Morgan fingerprint density at radius 2 is 2.13 bits per heavy atom. The van der Waals surface area contributed by atoms with Crippen LogP contribution >= 0.6 is 0 Å². The highest BCUT2D eigenvalue weighted by Crippen LogP contribution is 2.12. The van der Waals surface area contributed by atoms with Gasteiger partial charge in [0, 0.05) is 6.04 Å². The second kappa shape index (κ2) is 5.51. The number of aryl methyl sites for hydroxylation is 1. The Hall–Kier alpha value is -1.35. The molecule has 0 saturated carbocycles. The van der Waals surface area contributed by atoms with Gasteiger partial charge in [0.1, 0.15) is 0 Å². The molecule has 0 saturated heterocycles. The highest BCUT2D eigenvalue weighted by Gasteiger charge is 2.10. The van der Waals surface area contributed by atoms with Gasteiger partial charge in [0.2, 0.25) is 0 Å². The van der Waals surface area contributed by atoms with Gasteiger partial charge in [-0.1, -0.05) is 18.2 Å². The molecule has 0 bridgehead atoms. The quantitative estimate of drug-likeness (QED) is 0.765. The van der Waals surface area contributed by atoms with Gasteiger partial charge in [-0.2, -0.15) is 0 Å². The van der Waals surface area contributed by atoms with Gasteiger partial charge in [0.15, 0.2) is 0 Å². The average molecular weight is 207 g/mol. The largest absolute Gasteiger partial charge is 0.465 e.